The molecule has 25 heavy (non-hydrogen) atoms. The van der Waals surface area contributed by atoms with Gasteiger partial charge in [-0.05, 0) is 48.4 Å². The van der Waals surface area contributed by atoms with E-state index in [0.29, 0.717) is 5.75 Å². The zero-order valence-corrected chi connectivity index (χ0v) is 18.5. The Kier molecular flexibility index (Phi) is 9.65. The van der Waals surface area contributed by atoms with Crippen molar-refractivity contribution in [1.29, 1.82) is 0 Å². The average molecular weight is 389 g/mol. The summed E-state index contributed by atoms with van der Waals surface area (Å²) in [5.74, 6) is -0.519. The molecule has 0 saturated carbocycles. The maximum absolute atomic E-state index is 12.1. The molecule has 0 radical (unpaired) electrons. The van der Waals surface area contributed by atoms with Crippen LogP contribution in [0.25, 0.3) is 0 Å². The fourth-order valence-electron chi connectivity index (χ4n) is 2.43. The molecule has 0 aliphatic heterocycles. The van der Waals surface area contributed by atoms with Crippen molar-refractivity contribution >= 4 is 10.1 Å². The normalized spacial score (nSPS) is 11.0. The van der Waals surface area contributed by atoms with Crippen molar-refractivity contribution in [2.75, 3.05) is 0 Å². The van der Waals surface area contributed by atoms with Crippen LogP contribution in [0.5, 0.6) is 17.2 Å². The second kappa shape index (κ2) is 10.7. The number of benzene rings is 2. The van der Waals surface area contributed by atoms with E-state index in [1.54, 1.807) is 6.07 Å². The van der Waals surface area contributed by atoms with Gasteiger partial charge in [0.05, 0.1) is 4.90 Å². The van der Waals surface area contributed by atoms with Crippen molar-refractivity contribution in [3.63, 3.8) is 0 Å². The summed E-state index contributed by atoms with van der Waals surface area (Å²) in [6, 6.07) is 11.2. The van der Waals surface area contributed by atoms with Gasteiger partial charge >= 0.3 is 51.4 Å². The van der Waals surface area contributed by atoms with Crippen molar-refractivity contribution < 1.29 is 74.2 Å². The summed E-state index contributed by atoms with van der Waals surface area (Å²) in [7, 11) is -4.57. The predicted octanol–water partition coefficient (Wildman–Crippen LogP) is 0.926. The topological polar surface area (TPSA) is 86.7 Å². The summed E-state index contributed by atoms with van der Waals surface area (Å²) >= 11 is 0. The predicted molar refractivity (Wildman–Crippen MR) is 90.1 cm³/mol. The first-order valence-corrected chi connectivity index (χ1v) is 9.40. The van der Waals surface area contributed by atoms with Gasteiger partial charge in [0.25, 0.3) is 10.1 Å². The molecule has 0 spiro atoms. The SMILES string of the molecule is CCCCCCc1cccc(Oc2cccc(S(=O)(=O)O)c2[O-])c1.[K+]. The fourth-order valence-corrected chi connectivity index (χ4v) is 3.01. The van der Waals surface area contributed by atoms with Crippen LogP contribution < -0.4 is 61.2 Å². The maximum Gasteiger partial charge on any atom is 1.00 e. The smallest absolute Gasteiger partial charge is 0.869 e. The van der Waals surface area contributed by atoms with Crippen LogP contribution in [0.2, 0.25) is 0 Å². The van der Waals surface area contributed by atoms with Gasteiger partial charge in [0.2, 0.25) is 0 Å². The number of hydrogen-bond donors (Lipinski definition) is 1. The van der Waals surface area contributed by atoms with E-state index in [4.69, 9.17) is 9.29 Å². The molecule has 0 aliphatic rings. The van der Waals surface area contributed by atoms with Crippen LogP contribution in [0.15, 0.2) is 47.4 Å². The van der Waals surface area contributed by atoms with Crippen molar-refractivity contribution in [2.24, 2.45) is 0 Å². The molecular formula is C18H21KO5S. The molecule has 0 saturated heterocycles. The molecule has 1 N–H and O–H groups in total. The molecular weight excluding hydrogens is 367 g/mol. The standard InChI is InChI=1S/C18H22O5S.K/c1-2-3-4-5-8-14-9-6-10-15(13-14)23-16-11-7-12-17(18(16)19)24(20,21)22;/h6-7,9-13,19H,2-5,8H2,1H3,(H,20,21,22);/q;+1/p-1. The van der Waals surface area contributed by atoms with Gasteiger partial charge in [0, 0.05) is 0 Å². The average Bonchev–Trinajstić information content (AvgIpc) is 2.53. The number of unbranched alkanes of at least 4 members (excludes halogenated alkanes) is 3. The van der Waals surface area contributed by atoms with E-state index >= 15 is 0 Å². The largest absolute Gasteiger partial charge is 1.00 e. The second-order valence-electron chi connectivity index (χ2n) is 5.62. The van der Waals surface area contributed by atoms with E-state index in [1.807, 2.05) is 18.2 Å². The monoisotopic (exact) mass is 388 g/mol. The number of para-hydroxylation sites is 1. The van der Waals surface area contributed by atoms with Crippen LogP contribution >= 0.6 is 0 Å². The fraction of sp³-hybridized carbons (Fsp3) is 0.333. The van der Waals surface area contributed by atoms with E-state index in [1.165, 1.54) is 31.4 Å². The summed E-state index contributed by atoms with van der Waals surface area (Å²) in [4.78, 5) is -0.685. The third-order valence-electron chi connectivity index (χ3n) is 3.67. The molecule has 0 bridgehead atoms. The van der Waals surface area contributed by atoms with Gasteiger partial charge in [-0.15, -0.1) is 0 Å². The van der Waals surface area contributed by atoms with E-state index in [9.17, 15) is 13.5 Å². The Hall–Kier alpha value is -0.414. The van der Waals surface area contributed by atoms with E-state index < -0.39 is 20.8 Å². The van der Waals surface area contributed by atoms with Crippen LogP contribution in [-0.4, -0.2) is 13.0 Å². The molecule has 0 heterocycles. The van der Waals surface area contributed by atoms with Crippen LogP contribution in [-0.2, 0) is 16.5 Å². The van der Waals surface area contributed by atoms with Gasteiger partial charge in [0.15, 0.2) is 0 Å². The number of hydrogen-bond acceptors (Lipinski definition) is 4. The quantitative estimate of drug-likeness (QED) is 0.413. The molecule has 0 fully saturated rings. The van der Waals surface area contributed by atoms with Crippen molar-refractivity contribution in [3.05, 3.63) is 48.0 Å². The summed E-state index contributed by atoms with van der Waals surface area (Å²) in [5, 5.41) is 12.1. The van der Waals surface area contributed by atoms with Crippen LogP contribution in [0.3, 0.4) is 0 Å². The molecule has 0 unspecified atom stereocenters. The first-order valence-electron chi connectivity index (χ1n) is 7.96. The van der Waals surface area contributed by atoms with Crippen LogP contribution in [0.1, 0.15) is 38.2 Å². The van der Waals surface area contributed by atoms with Gasteiger partial charge in [-0.25, -0.2) is 0 Å². The third kappa shape index (κ3) is 7.01. The number of ether oxygens (including phenoxy) is 1. The molecule has 7 heteroatoms. The first kappa shape index (κ1) is 22.6. The molecule has 0 aliphatic carbocycles. The summed E-state index contributed by atoms with van der Waals surface area (Å²) in [5.41, 5.74) is 1.10. The zero-order chi connectivity index (χ0) is 17.6. The van der Waals surface area contributed by atoms with Crippen LogP contribution in [0, 0.1) is 0 Å². The van der Waals surface area contributed by atoms with Gasteiger partial charge in [-0.1, -0.05) is 44.4 Å². The Balaban J connectivity index is 0.00000312. The minimum absolute atomic E-state index is 0. The van der Waals surface area contributed by atoms with E-state index in [0.717, 1.165) is 24.5 Å². The molecule has 5 nitrogen and oxygen atoms in total. The molecule has 0 amide bonds. The van der Waals surface area contributed by atoms with Crippen molar-refractivity contribution in [2.45, 2.75) is 43.9 Å². The zero-order valence-electron chi connectivity index (χ0n) is 14.6. The Morgan fingerprint density at radius 1 is 1.08 bits per heavy atom. The molecule has 0 aromatic heterocycles. The van der Waals surface area contributed by atoms with Gasteiger partial charge in [-0.3, -0.25) is 4.55 Å². The Labute approximate surface area is 191 Å². The second-order valence-corrected chi connectivity index (χ2v) is 7.01. The van der Waals surface area contributed by atoms with Crippen molar-refractivity contribution in [1.82, 2.24) is 0 Å². The van der Waals surface area contributed by atoms with Gasteiger partial charge < -0.3 is 9.84 Å². The molecule has 2 rings (SSSR count). The molecule has 0 atom stereocenters. The first-order chi connectivity index (χ1) is 11.4. The summed E-state index contributed by atoms with van der Waals surface area (Å²) < 4.78 is 37.0. The summed E-state index contributed by atoms with van der Waals surface area (Å²) in [6.45, 7) is 2.16. The van der Waals surface area contributed by atoms with E-state index in [-0.39, 0.29) is 57.1 Å². The number of aryl methyl sites for hydroxylation is 1. The van der Waals surface area contributed by atoms with Crippen molar-refractivity contribution in [3.8, 4) is 17.2 Å². The Morgan fingerprint density at radius 3 is 2.48 bits per heavy atom. The Morgan fingerprint density at radius 2 is 1.80 bits per heavy atom. The minimum atomic E-state index is -4.57. The molecule has 130 valence electrons. The van der Waals surface area contributed by atoms with Gasteiger partial charge in [0.1, 0.15) is 11.5 Å². The van der Waals surface area contributed by atoms with Gasteiger partial charge in [-0.2, -0.15) is 8.42 Å². The number of rotatable bonds is 8. The molecule has 2 aromatic carbocycles. The Bertz CT molecular complexity index is 790. The summed E-state index contributed by atoms with van der Waals surface area (Å²) in [6.07, 6.45) is 5.56. The third-order valence-corrected chi connectivity index (χ3v) is 4.54. The maximum atomic E-state index is 12.1. The van der Waals surface area contributed by atoms with E-state index in [2.05, 4.69) is 6.92 Å². The van der Waals surface area contributed by atoms with Crippen LogP contribution in [0.4, 0.5) is 0 Å². The molecule has 2 aromatic rings. The minimum Gasteiger partial charge on any atom is -0.869 e.